The predicted molar refractivity (Wildman–Crippen MR) is 88.9 cm³/mol. The zero-order valence-corrected chi connectivity index (χ0v) is 14.5. The Bertz CT molecular complexity index is 583. The van der Waals surface area contributed by atoms with Crippen LogP contribution in [0.1, 0.15) is 71.6 Å². The van der Waals surface area contributed by atoms with Crippen molar-refractivity contribution >= 4 is 5.97 Å². The summed E-state index contributed by atoms with van der Waals surface area (Å²) in [4.78, 5) is 12.0. The molecule has 1 spiro atoms. The Labute approximate surface area is 139 Å². The van der Waals surface area contributed by atoms with Crippen LogP contribution in [0.5, 0.6) is 0 Å². The molecule has 0 unspecified atom stereocenters. The quantitative estimate of drug-likeness (QED) is 0.714. The van der Waals surface area contributed by atoms with E-state index in [1.807, 2.05) is 6.92 Å². The Morgan fingerprint density at radius 2 is 1.83 bits per heavy atom. The number of carbonyl (C=O) groups is 1. The first-order valence-corrected chi connectivity index (χ1v) is 9.30. The summed E-state index contributed by atoms with van der Waals surface area (Å²) in [7, 11) is 0. The lowest BCUT2D eigenvalue weighted by molar-refractivity contribution is -0.186. The second kappa shape index (κ2) is 4.41. The number of carboxylic acid groups (broad SMARTS) is 1. The number of fused-ring (bicyclic) bond motifs is 3. The number of hydrogen-bond acceptors (Lipinski definition) is 2. The van der Waals surface area contributed by atoms with E-state index >= 15 is 0 Å². The third kappa shape index (κ3) is 1.78. The molecule has 3 heteroatoms. The number of rotatable bonds is 1. The van der Waals surface area contributed by atoms with Gasteiger partial charge in [-0.25, -0.2) is 0 Å². The molecule has 2 bridgehead atoms. The van der Waals surface area contributed by atoms with E-state index in [1.165, 1.54) is 0 Å². The van der Waals surface area contributed by atoms with Crippen molar-refractivity contribution in [2.24, 2.45) is 28.1 Å². The van der Waals surface area contributed by atoms with Crippen molar-refractivity contribution in [3.63, 3.8) is 0 Å². The molecule has 0 aromatic rings. The molecular formula is C20H30O3. The molecule has 4 rings (SSSR count). The molecule has 4 aliphatic rings. The van der Waals surface area contributed by atoms with E-state index in [-0.39, 0.29) is 16.7 Å². The lowest BCUT2D eigenvalue weighted by atomic mass is 9.41. The van der Waals surface area contributed by atoms with Gasteiger partial charge in [-0.05, 0) is 86.5 Å². The minimum Gasteiger partial charge on any atom is -0.481 e. The fraction of sp³-hybridized carbons (Fsp3) is 0.850. The number of aliphatic carboxylic acids is 1. The molecule has 128 valence electrons. The van der Waals surface area contributed by atoms with Crippen molar-refractivity contribution in [1.29, 1.82) is 0 Å². The normalized spacial score (nSPS) is 55.2. The van der Waals surface area contributed by atoms with Crippen LogP contribution < -0.4 is 0 Å². The van der Waals surface area contributed by atoms with Crippen molar-refractivity contribution in [3.8, 4) is 0 Å². The van der Waals surface area contributed by atoms with Crippen molar-refractivity contribution in [3.05, 3.63) is 12.2 Å². The lowest BCUT2D eigenvalue weighted by Crippen LogP contribution is -2.59. The van der Waals surface area contributed by atoms with Crippen molar-refractivity contribution in [2.45, 2.75) is 77.2 Å². The summed E-state index contributed by atoms with van der Waals surface area (Å²) in [5.41, 5.74) is 0.128. The van der Waals surface area contributed by atoms with Gasteiger partial charge in [0.1, 0.15) is 0 Å². The second-order valence-corrected chi connectivity index (χ2v) is 9.62. The predicted octanol–water partition coefficient (Wildman–Crippen LogP) is 4.16. The highest BCUT2D eigenvalue weighted by Gasteiger charge is 2.67. The van der Waals surface area contributed by atoms with Gasteiger partial charge in [0.15, 0.2) is 0 Å². The van der Waals surface area contributed by atoms with E-state index in [0.717, 1.165) is 63.4 Å². The maximum atomic E-state index is 12.0. The number of aliphatic hydroxyl groups is 1. The van der Waals surface area contributed by atoms with E-state index in [2.05, 4.69) is 13.5 Å². The van der Waals surface area contributed by atoms with Gasteiger partial charge in [-0.15, -0.1) is 0 Å². The molecule has 3 nitrogen and oxygen atoms in total. The molecule has 0 aromatic carbocycles. The highest BCUT2D eigenvalue weighted by Crippen LogP contribution is 2.72. The van der Waals surface area contributed by atoms with Gasteiger partial charge in [-0.1, -0.05) is 19.9 Å². The first kappa shape index (κ1) is 15.7. The molecule has 0 heterocycles. The summed E-state index contributed by atoms with van der Waals surface area (Å²) in [5, 5.41) is 20.8. The smallest absolute Gasteiger partial charge is 0.309 e. The molecule has 0 aliphatic heterocycles. The average molecular weight is 318 g/mol. The van der Waals surface area contributed by atoms with Crippen LogP contribution in [0, 0.1) is 28.1 Å². The van der Waals surface area contributed by atoms with Gasteiger partial charge in [0.2, 0.25) is 0 Å². The lowest BCUT2D eigenvalue weighted by Gasteiger charge is -2.63. The summed E-state index contributed by atoms with van der Waals surface area (Å²) >= 11 is 0. The highest BCUT2D eigenvalue weighted by atomic mass is 16.4. The van der Waals surface area contributed by atoms with Crippen LogP contribution in [0.25, 0.3) is 0 Å². The molecule has 4 fully saturated rings. The van der Waals surface area contributed by atoms with Gasteiger partial charge in [-0.3, -0.25) is 4.79 Å². The Kier molecular flexibility index (Phi) is 3.01. The Hall–Kier alpha value is -0.830. The molecule has 4 saturated carbocycles. The molecule has 2 N–H and O–H groups in total. The van der Waals surface area contributed by atoms with Crippen LogP contribution in [-0.4, -0.2) is 21.8 Å². The third-order valence-corrected chi connectivity index (χ3v) is 8.65. The largest absolute Gasteiger partial charge is 0.481 e. The van der Waals surface area contributed by atoms with Crippen LogP contribution in [0.15, 0.2) is 12.2 Å². The van der Waals surface area contributed by atoms with Crippen LogP contribution in [0.3, 0.4) is 0 Å². The van der Waals surface area contributed by atoms with Gasteiger partial charge >= 0.3 is 5.97 Å². The van der Waals surface area contributed by atoms with E-state index in [9.17, 15) is 15.0 Å². The maximum Gasteiger partial charge on any atom is 0.309 e. The highest BCUT2D eigenvalue weighted by molar-refractivity contribution is 5.75. The van der Waals surface area contributed by atoms with Gasteiger partial charge in [0.25, 0.3) is 0 Å². The molecule has 0 saturated heterocycles. The van der Waals surface area contributed by atoms with Crippen LogP contribution in [0.2, 0.25) is 0 Å². The molecule has 0 aromatic heterocycles. The fourth-order valence-electron chi connectivity index (χ4n) is 7.61. The maximum absolute atomic E-state index is 12.0. The molecule has 23 heavy (non-hydrogen) atoms. The molecule has 0 radical (unpaired) electrons. The minimum atomic E-state index is -0.634. The standard InChI is InChI=1S/C20H30O3/c1-13-11-19-9-5-14-17(2,7-4-8-18(14,3)16(21)22)15(19)6-10-20(13,23)12-19/h14-15,23H,1,4-12H2,2-3H3,(H,21,22)/t14-,15+,17+,18-,19+,20+/m0/s1. The number of hydrogen-bond donors (Lipinski definition) is 2. The Balaban J connectivity index is 1.76. The zero-order valence-electron chi connectivity index (χ0n) is 14.5. The summed E-state index contributed by atoms with van der Waals surface area (Å²) in [6.45, 7) is 8.55. The summed E-state index contributed by atoms with van der Waals surface area (Å²) in [6.07, 6.45) is 8.75. The first-order chi connectivity index (χ1) is 10.7. The summed E-state index contributed by atoms with van der Waals surface area (Å²) < 4.78 is 0. The van der Waals surface area contributed by atoms with Crippen molar-refractivity contribution in [1.82, 2.24) is 0 Å². The molecule has 6 atom stereocenters. The SMILES string of the molecule is C=C1C[C@@]23CC[C@H]4[C@@](C)(CCC[C@]4(C)C(=O)O)[C@H]2CC[C@@]1(O)C3. The monoisotopic (exact) mass is 318 g/mol. The second-order valence-electron chi connectivity index (χ2n) is 9.62. The van der Waals surface area contributed by atoms with Gasteiger partial charge in [0, 0.05) is 0 Å². The van der Waals surface area contributed by atoms with Gasteiger partial charge in [0.05, 0.1) is 11.0 Å². The van der Waals surface area contributed by atoms with Crippen molar-refractivity contribution < 1.29 is 15.0 Å². The first-order valence-electron chi connectivity index (χ1n) is 9.30. The van der Waals surface area contributed by atoms with E-state index in [0.29, 0.717) is 5.92 Å². The molecular weight excluding hydrogens is 288 g/mol. The summed E-state index contributed by atoms with van der Waals surface area (Å²) in [6, 6.07) is 0. The fourth-order valence-corrected chi connectivity index (χ4v) is 7.61. The van der Waals surface area contributed by atoms with Crippen molar-refractivity contribution in [2.75, 3.05) is 0 Å². The van der Waals surface area contributed by atoms with E-state index in [4.69, 9.17) is 0 Å². The van der Waals surface area contributed by atoms with Crippen LogP contribution >= 0.6 is 0 Å². The topological polar surface area (TPSA) is 57.5 Å². The van der Waals surface area contributed by atoms with E-state index < -0.39 is 17.0 Å². The Morgan fingerprint density at radius 3 is 2.52 bits per heavy atom. The minimum absolute atomic E-state index is 0.107. The molecule has 0 amide bonds. The number of carboxylic acids is 1. The van der Waals surface area contributed by atoms with Gasteiger partial charge in [-0.2, -0.15) is 0 Å². The molecule has 4 aliphatic carbocycles. The average Bonchev–Trinajstić information content (AvgIpc) is 2.63. The summed E-state index contributed by atoms with van der Waals surface area (Å²) in [5.74, 6) is 0.219. The van der Waals surface area contributed by atoms with Crippen LogP contribution in [-0.2, 0) is 4.79 Å². The van der Waals surface area contributed by atoms with Gasteiger partial charge < -0.3 is 10.2 Å². The van der Waals surface area contributed by atoms with E-state index in [1.54, 1.807) is 0 Å². The third-order valence-electron chi connectivity index (χ3n) is 8.65. The van der Waals surface area contributed by atoms with Crippen LogP contribution in [0.4, 0.5) is 0 Å². The zero-order chi connectivity index (χ0) is 16.7. The Morgan fingerprint density at radius 1 is 1.13 bits per heavy atom.